The Morgan fingerprint density at radius 1 is 1.19 bits per heavy atom. The fourth-order valence-corrected chi connectivity index (χ4v) is 4.24. The van der Waals surface area contributed by atoms with E-state index in [1.54, 1.807) is 6.07 Å². The van der Waals surface area contributed by atoms with E-state index in [0.29, 0.717) is 29.9 Å². The van der Waals surface area contributed by atoms with Crippen LogP contribution < -0.4 is 0 Å². The lowest BCUT2D eigenvalue weighted by Gasteiger charge is -2.41. The molecule has 1 unspecified atom stereocenters. The van der Waals surface area contributed by atoms with Gasteiger partial charge < -0.3 is 15.1 Å². The Labute approximate surface area is 158 Å². The van der Waals surface area contributed by atoms with Gasteiger partial charge in [-0.3, -0.25) is 4.79 Å². The summed E-state index contributed by atoms with van der Waals surface area (Å²) in [4.78, 5) is 10.8. The van der Waals surface area contributed by atoms with Gasteiger partial charge in [0.1, 0.15) is 0 Å². The monoisotopic (exact) mass is 387 g/mol. The molecule has 1 saturated carbocycles. The van der Waals surface area contributed by atoms with E-state index >= 15 is 0 Å². The summed E-state index contributed by atoms with van der Waals surface area (Å²) < 4.78 is 38.7. The first kappa shape index (κ1) is 21.7. The third-order valence-corrected chi connectivity index (χ3v) is 5.81. The number of hydrogen-bond acceptors (Lipinski definition) is 3. The van der Waals surface area contributed by atoms with E-state index in [1.807, 2.05) is 0 Å². The zero-order chi connectivity index (χ0) is 20.3. The molecule has 0 spiro atoms. The number of alkyl halides is 3. The quantitative estimate of drug-likeness (QED) is 0.744. The first-order valence-electron chi connectivity index (χ1n) is 9.23. The van der Waals surface area contributed by atoms with Crippen LogP contribution in [-0.4, -0.2) is 40.7 Å². The molecule has 0 aromatic heterocycles. The van der Waals surface area contributed by atoms with E-state index in [0.717, 1.165) is 31.6 Å². The standard InChI is InChI=1S/C19H26F3NO.CH2O2/c1-17(2)7-6-16(13-17)23-10-8-18(24,9-11-23)14-4-3-5-15(12-14)19(20,21)22;2-1-3/h3-5,12,16,24H,6-11,13H2,1-2H3;1H,(H,2,3). The molecule has 0 radical (unpaired) electrons. The Hall–Kier alpha value is -1.60. The number of likely N-dealkylation sites (tertiary alicyclic amines) is 1. The zero-order valence-electron chi connectivity index (χ0n) is 15.8. The van der Waals surface area contributed by atoms with Gasteiger partial charge in [0.25, 0.3) is 6.47 Å². The molecule has 1 atom stereocenters. The molecule has 2 fully saturated rings. The second kappa shape index (κ2) is 8.19. The van der Waals surface area contributed by atoms with Crippen molar-refractivity contribution >= 4 is 6.47 Å². The van der Waals surface area contributed by atoms with Gasteiger partial charge in [0, 0.05) is 19.1 Å². The third kappa shape index (κ3) is 5.45. The van der Waals surface area contributed by atoms with Gasteiger partial charge in [-0.1, -0.05) is 26.0 Å². The maximum Gasteiger partial charge on any atom is 0.416 e. The largest absolute Gasteiger partial charge is 0.483 e. The summed E-state index contributed by atoms with van der Waals surface area (Å²) >= 11 is 0. The zero-order valence-corrected chi connectivity index (χ0v) is 15.8. The molecule has 1 saturated heterocycles. The van der Waals surface area contributed by atoms with Gasteiger partial charge in [-0.15, -0.1) is 0 Å². The lowest BCUT2D eigenvalue weighted by Crippen LogP contribution is -2.46. The number of nitrogens with zero attached hydrogens (tertiary/aromatic N) is 1. The molecule has 4 nitrogen and oxygen atoms in total. The van der Waals surface area contributed by atoms with Crippen LogP contribution in [0.2, 0.25) is 0 Å². The minimum absolute atomic E-state index is 0.250. The van der Waals surface area contributed by atoms with Crippen LogP contribution in [0.25, 0.3) is 0 Å². The molecule has 1 heterocycles. The molecule has 1 aliphatic carbocycles. The smallest absolute Gasteiger partial charge is 0.416 e. The second-order valence-corrected chi connectivity index (χ2v) is 8.31. The van der Waals surface area contributed by atoms with E-state index in [4.69, 9.17) is 9.90 Å². The highest BCUT2D eigenvalue weighted by Crippen LogP contribution is 2.42. The topological polar surface area (TPSA) is 60.8 Å². The van der Waals surface area contributed by atoms with Gasteiger partial charge in [0.05, 0.1) is 11.2 Å². The molecule has 7 heteroatoms. The number of aliphatic hydroxyl groups is 1. The minimum Gasteiger partial charge on any atom is -0.483 e. The van der Waals surface area contributed by atoms with Crippen LogP contribution in [0.15, 0.2) is 24.3 Å². The predicted octanol–water partition coefficient (Wildman–Crippen LogP) is 4.27. The van der Waals surface area contributed by atoms with Gasteiger partial charge in [0.15, 0.2) is 0 Å². The molecular formula is C20H28F3NO3. The van der Waals surface area contributed by atoms with E-state index in [2.05, 4.69) is 18.7 Å². The Kier molecular flexibility index (Phi) is 6.58. The summed E-state index contributed by atoms with van der Waals surface area (Å²) in [6, 6.07) is 5.72. The fraction of sp³-hybridized carbons (Fsp3) is 0.650. The lowest BCUT2D eigenvalue weighted by atomic mass is 9.83. The maximum atomic E-state index is 12.9. The van der Waals surface area contributed by atoms with Crippen molar-refractivity contribution in [3.63, 3.8) is 0 Å². The molecular weight excluding hydrogens is 359 g/mol. The molecule has 1 aliphatic heterocycles. The SMILES string of the molecule is CC1(C)CCC(N2CCC(O)(c3cccc(C(F)(F)F)c3)CC2)C1.O=CO. The van der Waals surface area contributed by atoms with Gasteiger partial charge in [-0.25, -0.2) is 0 Å². The van der Waals surface area contributed by atoms with Gasteiger partial charge in [-0.05, 0) is 55.2 Å². The summed E-state index contributed by atoms with van der Waals surface area (Å²) in [6.45, 7) is 5.81. The molecule has 2 N–H and O–H groups in total. The van der Waals surface area contributed by atoms with Crippen molar-refractivity contribution in [2.24, 2.45) is 5.41 Å². The molecule has 1 aromatic rings. The number of piperidine rings is 1. The van der Waals surface area contributed by atoms with Gasteiger partial charge in [-0.2, -0.15) is 13.2 Å². The Morgan fingerprint density at radius 3 is 2.26 bits per heavy atom. The van der Waals surface area contributed by atoms with Crippen molar-refractivity contribution in [3.05, 3.63) is 35.4 Å². The maximum absolute atomic E-state index is 12.9. The van der Waals surface area contributed by atoms with Crippen LogP contribution in [0.5, 0.6) is 0 Å². The summed E-state index contributed by atoms with van der Waals surface area (Å²) in [5.41, 5.74) is -1.07. The van der Waals surface area contributed by atoms with Crippen LogP contribution in [0, 0.1) is 5.41 Å². The molecule has 3 rings (SSSR count). The molecule has 2 aliphatic rings. The first-order chi connectivity index (χ1) is 12.5. The van der Waals surface area contributed by atoms with Gasteiger partial charge in [0.2, 0.25) is 0 Å². The van der Waals surface area contributed by atoms with Crippen LogP contribution in [0.1, 0.15) is 57.1 Å². The number of hydrogen-bond donors (Lipinski definition) is 2. The highest BCUT2D eigenvalue weighted by Gasteiger charge is 2.40. The van der Waals surface area contributed by atoms with E-state index in [-0.39, 0.29) is 6.47 Å². The number of carboxylic acid groups (broad SMARTS) is 1. The van der Waals surface area contributed by atoms with Crippen molar-refractivity contribution in [2.45, 2.75) is 63.8 Å². The van der Waals surface area contributed by atoms with Crippen molar-refractivity contribution in [1.29, 1.82) is 0 Å². The Bertz CT molecular complexity index is 638. The van der Waals surface area contributed by atoms with Crippen molar-refractivity contribution in [3.8, 4) is 0 Å². The number of rotatable bonds is 2. The average Bonchev–Trinajstić information content (AvgIpc) is 2.96. The third-order valence-electron chi connectivity index (χ3n) is 5.81. The highest BCUT2D eigenvalue weighted by atomic mass is 19.4. The van der Waals surface area contributed by atoms with Crippen LogP contribution in [0.4, 0.5) is 13.2 Å². The van der Waals surface area contributed by atoms with E-state index < -0.39 is 17.3 Å². The second-order valence-electron chi connectivity index (χ2n) is 8.31. The first-order valence-corrected chi connectivity index (χ1v) is 9.23. The summed E-state index contributed by atoms with van der Waals surface area (Å²) in [7, 11) is 0. The van der Waals surface area contributed by atoms with Gasteiger partial charge >= 0.3 is 6.18 Å². The average molecular weight is 387 g/mol. The summed E-state index contributed by atoms with van der Waals surface area (Å²) in [5, 5.41) is 17.8. The van der Waals surface area contributed by atoms with Crippen molar-refractivity contribution < 1.29 is 28.2 Å². The van der Waals surface area contributed by atoms with Crippen LogP contribution in [0.3, 0.4) is 0 Å². The van der Waals surface area contributed by atoms with Crippen molar-refractivity contribution in [2.75, 3.05) is 13.1 Å². The van der Waals surface area contributed by atoms with Crippen molar-refractivity contribution in [1.82, 2.24) is 4.90 Å². The normalized spacial score (nSPS) is 24.7. The number of carbonyl (C=O) groups is 1. The molecule has 0 amide bonds. The molecule has 0 bridgehead atoms. The van der Waals surface area contributed by atoms with E-state index in [9.17, 15) is 18.3 Å². The van der Waals surface area contributed by atoms with E-state index in [1.165, 1.54) is 18.9 Å². The highest BCUT2D eigenvalue weighted by molar-refractivity contribution is 5.32. The van der Waals surface area contributed by atoms with Crippen LogP contribution in [-0.2, 0) is 16.6 Å². The summed E-state index contributed by atoms with van der Waals surface area (Å²) in [5.74, 6) is 0. The summed E-state index contributed by atoms with van der Waals surface area (Å²) in [6.07, 6.45) is 0.162. The molecule has 152 valence electrons. The molecule has 1 aromatic carbocycles. The number of benzene rings is 1. The number of halogens is 3. The Balaban J connectivity index is 0.000000817. The Morgan fingerprint density at radius 2 is 1.78 bits per heavy atom. The minimum atomic E-state index is -4.37. The lowest BCUT2D eigenvalue weighted by molar-refractivity contribution is -0.137. The molecule has 27 heavy (non-hydrogen) atoms. The predicted molar refractivity (Wildman–Crippen MR) is 96.3 cm³/mol. The fourth-order valence-electron chi connectivity index (χ4n) is 4.24. The van der Waals surface area contributed by atoms with Crippen LogP contribution >= 0.6 is 0 Å².